The monoisotopic (exact) mass is 430 g/mol. The van der Waals surface area contributed by atoms with E-state index in [-0.39, 0.29) is 23.7 Å². The molecule has 1 N–H and O–H groups in total. The van der Waals surface area contributed by atoms with Crippen LogP contribution < -0.4 is 5.56 Å². The lowest BCUT2D eigenvalue weighted by Gasteiger charge is -2.12. The van der Waals surface area contributed by atoms with E-state index in [1.807, 2.05) is 60.7 Å². The van der Waals surface area contributed by atoms with Gasteiger partial charge in [-0.15, -0.1) is 0 Å². The summed E-state index contributed by atoms with van der Waals surface area (Å²) in [6.45, 7) is 0.339. The maximum atomic E-state index is 12.9. The molecular formula is C25H22N2O3S. The highest BCUT2D eigenvalue weighted by Gasteiger charge is 2.14. The van der Waals surface area contributed by atoms with E-state index in [4.69, 9.17) is 0 Å². The van der Waals surface area contributed by atoms with Crippen LogP contribution in [0.5, 0.6) is 0 Å². The van der Waals surface area contributed by atoms with Gasteiger partial charge in [0.1, 0.15) is 0 Å². The summed E-state index contributed by atoms with van der Waals surface area (Å²) in [5.74, 6) is 0.148. The molecular weight excluding hydrogens is 408 g/mol. The van der Waals surface area contributed by atoms with Crippen molar-refractivity contribution in [2.45, 2.75) is 18.1 Å². The number of aliphatic hydroxyl groups is 1. The van der Waals surface area contributed by atoms with E-state index in [2.05, 4.69) is 4.98 Å². The second-order valence-corrected chi connectivity index (χ2v) is 8.04. The van der Waals surface area contributed by atoms with E-state index in [9.17, 15) is 14.7 Å². The Bertz CT molecular complexity index is 1250. The normalized spacial score (nSPS) is 11.0. The summed E-state index contributed by atoms with van der Waals surface area (Å²) in [5, 5.41) is 10.2. The number of ketones is 1. The van der Waals surface area contributed by atoms with Crippen molar-refractivity contribution in [3.05, 3.63) is 94.8 Å². The van der Waals surface area contributed by atoms with Gasteiger partial charge in [0, 0.05) is 18.7 Å². The van der Waals surface area contributed by atoms with E-state index in [0.717, 1.165) is 11.1 Å². The van der Waals surface area contributed by atoms with Crippen molar-refractivity contribution in [1.82, 2.24) is 9.55 Å². The number of Topliss-reactive ketones (excluding diaryl/α,β-unsaturated/α-hetero) is 1. The van der Waals surface area contributed by atoms with Gasteiger partial charge in [0.05, 0.1) is 16.7 Å². The molecule has 0 atom stereocenters. The Kier molecular flexibility index (Phi) is 6.60. The number of carbonyl (C=O) groups excluding carboxylic acids is 1. The van der Waals surface area contributed by atoms with Crippen LogP contribution in [0.15, 0.2) is 88.8 Å². The van der Waals surface area contributed by atoms with Crippen LogP contribution in [-0.2, 0) is 6.54 Å². The molecule has 0 saturated heterocycles. The lowest BCUT2D eigenvalue weighted by molar-refractivity contribution is 0.102. The SMILES string of the molecule is O=C(CSc1nc2ccccc2c(=O)n1CCCO)c1ccc(-c2ccccc2)cc1. The number of nitrogens with zero attached hydrogens (tertiary/aromatic N) is 2. The smallest absolute Gasteiger partial charge is 0.262 e. The number of hydrogen-bond donors (Lipinski definition) is 1. The molecule has 6 heteroatoms. The van der Waals surface area contributed by atoms with Gasteiger partial charge in [-0.25, -0.2) is 4.98 Å². The molecule has 1 aromatic heterocycles. The molecule has 0 fully saturated rings. The average molecular weight is 431 g/mol. The van der Waals surface area contributed by atoms with Gasteiger partial charge in [0.25, 0.3) is 5.56 Å². The van der Waals surface area contributed by atoms with Crippen LogP contribution in [0.3, 0.4) is 0 Å². The number of rotatable bonds is 8. The minimum atomic E-state index is -0.152. The molecule has 4 aromatic rings. The zero-order valence-corrected chi connectivity index (χ0v) is 17.7. The Labute approximate surface area is 184 Å². The molecule has 0 aliphatic heterocycles. The molecule has 156 valence electrons. The van der Waals surface area contributed by atoms with Crippen LogP contribution in [0.2, 0.25) is 0 Å². The van der Waals surface area contributed by atoms with Gasteiger partial charge in [-0.05, 0) is 29.7 Å². The number of fused-ring (bicyclic) bond motifs is 1. The summed E-state index contributed by atoms with van der Waals surface area (Å²) in [6.07, 6.45) is 0.447. The zero-order valence-electron chi connectivity index (χ0n) is 16.9. The first kappa shape index (κ1) is 21.0. The lowest BCUT2D eigenvalue weighted by atomic mass is 10.0. The van der Waals surface area contributed by atoms with E-state index in [0.29, 0.717) is 34.6 Å². The average Bonchev–Trinajstić information content (AvgIpc) is 2.83. The van der Waals surface area contributed by atoms with Crippen molar-refractivity contribution in [2.24, 2.45) is 0 Å². The van der Waals surface area contributed by atoms with Crippen LogP contribution in [0, 0.1) is 0 Å². The third kappa shape index (κ3) is 4.76. The second-order valence-electron chi connectivity index (χ2n) is 7.10. The molecule has 1 heterocycles. The maximum Gasteiger partial charge on any atom is 0.262 e. The van der Waals surface area contributed by atoms with Gasteiger partial charge in [0.2, 0.25) is 0 Å². The van der Waals surface area contributed by atoms with Crippen molar-refractivity contribution < 1.29 is 9.90 Å². The summed E-state index contributed by atoms with van der Waals surface area (Å²) >= 11 is 1.25. The van der Waals surface area contributed by atoms with Crippen LogP contribution in [-0.4, -0.2) is 32.8 Å². The molecule has 0 unspecified atom stereocenters. The molecule has 0 bridgehead atoms. The first-order valence-corrected chi connectivity index (χ1v) is 11.1. The minimum absolute atomic E-state index is 0.0178. The zero-order chi connectivity index (χ0) is 21.6. The van der Waals surface area contributed by atoms with E-state index in [1.165, 1.54) is 11.8 Å². The number of carbonyl (C=O) groups is 1. The molecule has 5 nitrogen and oxygen atoms in total. The number of aliphatic hydroxyl groups excluding tert-OH is 1. The van der Waals surface area contributed by atoms with E-state index in [1.54, 1.807) is 22.8 Å². The summed E-state index contributed by atoms with van der Waals surface area (Å²) in [6, 6.07) is 24.7. The highest BCUT2D eigenvalue weighted by molar-refractivity contribution is 7.99. The van der Waals surface area contributed by atoms with E-state index < -0.39 is 0 Å². The minimum Gasteiger partial charge on any atom is -0.396 e. The van der Waals surface area contributed by atoms with Gasteiger partial charge < -0.3 is 5.11 Å². The van der Waals surface area contributed by atoms with Gasteiger partial charge >= 0.3 is 0 Å². The van der Waals surface area contributed by atoms with Crippen LogP contribution in [0.4, 0.5) is 0 Å². The molecule has 4 rings (SSSR count). The second kappa shape index (κ2) is 9.73. The Morgan fingerprint density at radius 1 is 0.903 bits per heavy atom. The Morgan fingerprint density at radius 2 is 1.58 bits per heavy atom. The highest BCUT2D eigenvalue weighted by atomic mass is 32.2. The number of benzene rings is 3. The van der Waals surface area contributed by atoms with Gasteiger partial charge in [-0.1, -0.05) is 78.5 Å². The standard InChI is InChI=1S/C25H22N2O3S/c28-16-6-15-27-24(30)21-9-4-5-10-22(21)26-25(27)31-17-23(29)20-13-11-19(12-14-20)18-7-2-1-3-8-18/h1-5,7-14,28H,6,15-17H2. The van der Waals surface area contributed by atoms with Gasteiger partial charge in [0.15, 0.2) is 10.9 Å². The molecule has 0 aliphatic carbocycles. The Hall–Kier alpha value is -3.22. The molecule has 0 saturated carbocycles. The summed E-state index contributed by atoms with van der Waals surface area (Å²) in [4.78, 5) is 30.2. The first-order chi connectivity index (χ1) is 15.2. The fraction of sp³-hybridized carbons (Fsp3) is 0.160. The van der Waals surface area contributed by atoms with Crippen LogP contribution in [0.25, 0.3) is 22.0 Å². The van der Waals surface area contributed by atoms with E-state index >= 15 is 0 Å². The third-order valence-electron chi connectivity index (χ3n) is 5.01. The summed E-state index contributed by atoms with van der Waals surface area (Å²) in [7, 11) is 0. The summed E-state index contributed by atoms with van der Waals surface area (Å²) in [5.41, 5.74) is 3.23. The fourth-order valence-electron chi connectivity index (χ4n) is 3.38. The largest absolute Gasteiger partial charge is 0.396 e. The molecule has 0 aliphatic rings. The third-order valence-corrected chi connectivity index (χ3v) is 5.99. The quantitative estimate of drug-likeness (QED) is 0.254. The number of hydrogen-bond acceptors (Lipinski definition) is 5. The van der Waals surface area contributed by atoms with Crippen molar-refractivity contribution in [3.63, 3.8) is 0 Å². The van der Waals surface area contributed by atoms with Crippen molar-refractivity contribution >= 4 is 28.4 Å². The predicted octanol–water partition coefficient (Wildman–Crippen LogP) is 4.42. The topological polar surface area (TPSA) is 72.2 Å². The number of aromatic nitrogens is 2. The van der Waals surface area contributed by atoms with Crippen molar-refractivity contribution in [2.75, 3.05) is 12.4 Å². The predicted molar refractivity (Wildman–Crippen MR) is 125 cm³/mol. The Balaban J connectivity index is 1.54. The fourth-order valence-corrected chi connectivity index (χ4v) is 4.30. The van der Waals surface area contributed by atoms with Crippen molar-refractivity contribution in [3.8, 4) is 11.1 Å². The Morgan fingerprint density at radius 3 is 2.32 bits per heavy atom. The van der Waals surface area contributed by atoms with Gasteiger partial charge in [-0.3, -0.25) is 14.2 Å². The summed E-state index contributed by atoms with van der Waals surface area (Å²) < 4.78 is 1.55. The molecule has 0 amide bonds. The molecule has 3 aromatic carbocycles. The van der Waals surface area contributed by atoms with Crippen LogP contribution in [0.1, 0.15) is 16.8 Å². The molecule has 31 heavy (non-hydrogen) atoms. The molecule has 0 radical (unpaired) electrons. The molecule has 0 spiro atoms. The maximum absolute atomic E-state index is 12.9. The van der Waals surface area contributed by atoms with Crippen LogP contribution >= 0.6 is 11.8 Å². The van der Waals surface area contributed by atoms with Gasteiger partial charge in [-0.2, -0.15) is 0 Å². The van der Waals surface area contributed by atoms with Crippen molar-refractivity contribution in [1.29, 1.82) is 0 Å². The first-order valence-electron chi connectivity index (χ1n) is 10.1. The highest BCUT2D eigenvalue weighted by Crippen LogP contribution is 2.22. The number of para-hydroxylation sites is 1. The lowest BCUT2D eigenvalue weighted by Crippen LogP contribution is -2.24. The number of thioether (sulfide) groups is 1.